The number of aliphatic carboxylic acids is 2. The molecule has 188 valence electrons. The van der Waals surface area contributed by atoms with Crippen LogP contribution in [0.2, 0.25) is 0 Å². The van der Waals surface area contributed by atoms with E-state index in [0.717, 1.165) is 24.0 Å². The molecule has 0 aliphatic heterocycles. The van der Waals surface area contributed by atoms with Gasteiger partial charge in [0.1, 0.15) is 0 Å². The Morgan fingerprint density at radius 3 is 2.18 bits per heavy atom. The summed E-state index contributed by atoms with van der Waals surface area (Å²) in [5.74, 6) is -1.79. The van der Waals surface area contributed by atoms with E-state index in [9.17, 15) is 14.7 Å². The maximum absolute atomic E-state index is 11.7. The first-order valence-corrected chi connectivity index (χ1v) is 12.8. The summed E-state index contributed by atoms with van der Waals surface area (Å²) in [6.45, 7) is 2.58. The minimum absolute atomic E-state index is 0.0121. The highest BCUT2D eigenvalue weighted by atomic mass is 16.4. The molecule has 2 aromatic rings. The zero-order valence-electron chi connectivity index (χ0n) is 20.5. The van der Waals surface area contributed by atoms with Crippen LogP contribution in [0.15, 0.2) is 24.3 Å². The number of rotatable bonds is 19. The van der Waals surface area contributed by atoms with E-state index in [1.54, 1.807) is 4.68 Å². The SMILES string of the molecule is CCCCCCCCCCCCc1ccccc1C(CC(=O)O)c1nnnn1CCCC(=O)O. The fraction of sp³-hybridized carbons (Fsp3) is 0.654. The summed E-state index contributed by atoms with van der Waals surface area (Å²) >= 11 is 0. The molecule has 0 bridgehead atoms. The van der Waals surface area contributed by atoms with Gasteiger partial charge in [0.25, 0.3) is 0 Å². The van der Waals surface area contributed by atoms with Crippen molar-refractivity contribution < 1.29 is 19.8 Å². The third-order valence-electron chi connectivity index (χ3n) is 6.24. The Kier molecular flexibility index (Phi) is 12.9. The molecule has 0 aliphatic rings. The highest BCUT2D eigenvalue weighted by molar-refractivity contribution is 5.69. The van der Waals surface area contributed by atoms with Gasteiger partial charge in [0.2, 0.25) is 0 Å². The molecule has 0 saturated heterocycles. The van der Waals surface area contributed by atoms with Gasteiger partial charge in [-0.25, -0.2) is 4.68 Å². The average molecular weight is 473 g/mol. The molecule has 0 spiro atoms. The van der Waals surface area contributed by atoms with Crippen molar-refractivity contribution in [3.05, 3.63) is 41.2 Å². The van der Waals surface area contributed by atoms with Crippen molar-refractivity contribution in [2.45, 2.75) is 109 Å². The van der Waals surface area contributed by atoms with Gasteiger partial charge in [0, 0.05) is 13.0 Å². The van der Waals surface area contributed by atoms with E-state index in [1.807, 2.05) is 18.2 Å². The van der Waals surface area contributed by atoms with E-state index in [0.29, 0.717) is 18.8 Å². The topological polar surface area (TPSA) is 118 Å². The van der Waals surface area contributed by atoms with Gasteiger partial charge in [-0.05, 0) is 40.8 Å². The summed E-state index contributed by atoms with van der Waals surface area (Å²) in [5.41, 5.74) is 2.07. The molecule has 1 unspecified atom stereocenters. The van der Waals surface area contributed by atoms with E-state index >= 15 is 0 Å². The van der Waals surface area contributed by atoms with Crippen LogP contribution in [0.25, 0.3) is 0 Å². The van der Waals surface area contributed by atoms with Gasteiger partial charge < -0.3 is 10.2 Å². The fourth-order valence-corrected chi connectivity index (χ4v) is 4.42. The Morgan fingerprint density at radius 1 is 0.882 bits per heavy atom. The Morgan fingerprint density at radius 2 is 1.53 bits per heavy atom. The Labute approximate surface area is 202 Å². The predicted octanol–water partition coefficient (Wildman–Crippen LogP) is 5.61. The minimum Gasteiger partial charge on any atom is -0.481 e. The quantitative estimate of drug-likeness (QED) is 0.255. The molecule has 0 aliphatic carbocycles. The van der Waals surface area contributed by atoms with E-state index in [2.05, 4.69) is 28.5 Å². The molecule has 2 rings (SSSR count). The van der Waals surface area contributed by atoms with Crippen molar-refractivity contribution >= 4 is 11.9 Å². The average Bonchev–Trinajstić information content (AvgIpc) is 3.27. The highest BCUT2D eigenvalue weighted by Crippen LogP contribution is 2.30. The summed E-state index contributed by atoms with van der Waals surface area (Å²) in [6, 6.07) is 7.94. The molecule has 1 aromatic heterocycles. The normalized spacial score (nSPS) is 12.0. The predicted molar refractivity (Wildman–Crippen MR) is 131 cm³/mol. The largest absolute Gasteiger partial charge is 0.481 e. The van der Waals surface area contributed by atoms with Gasteiger partial charge in [-0.2, -0.15) is 0 Å². The van der Waals surface area contributed by atoms with Crippen LogP contribution < -0.4 is 0 Å². The summed E-state index contributed by atoms with van der Waals surface area (Å²) in [5, 5.41) is 30.4. The zero-order chi connectivity index (χ0) is 24.6. The first-order valence-electron chi connectivity index (χ1n) is 12.8. The van der Waals surface area contributed by atoms with Gasteiger partial charge in [0.15, 0.2) is 5.82 Å². The number of aryl methyl sites for hydroxylation is 2. The molecule has 2 N–H and O–H groups in total. The molecule has 0 saturated carbocycles. The van der Waals surface area contributed by atoms with Gasteiger partial charge in [-0.3, -0.25) is 9.59 Å². The molecule has 8 heteroatoms. The fourth-order valence-electron chi connectivity index (χ4n) is 4.42. The van der Waals surface area contributed by atoms with Crippen LogP contribution in [-0.4, -0.2) is 42.4 Å². The van der Waals surface area contributed by atoms with Crippen LogP contribution in [-0.2, 0) is 22.6 Å². The van der Waals surface area contributed by atoms with Crippen LogP contribution in [0.4, 0.5) is 0 Å². The first kappa shape index (κ1) is 27.5. The van der Waals surface area contributed by atoms with Crippen LogP contribution in [0.3, 0.4) is 0 Å². The second-order valence-electron chi connectivity index (χ2n) is 9.04. The molecule has 0 radical (unpaired) electrons. The third-order valence-corrected chi connectivity index (χ3v) is 6.24. The van der Waals surface area contributed by atoms with Crippen molar-refractivity contribution in [1.29, 1.82) is 0 Å². The number of aromatic nitrogens is 4. The molecular formula is C26H40N4O4. The molecular weight excluding hydrogens is 432 g/mol. The lowest BCUT2D eigenvalue weighted by Gasteiger charge is -2.19. The second-order valence-corrected chi connectivity index (χ2v) is 9.04. The lowest BCUT2D eigenvalue weighted by molar-refractivity contribution is -0.138. The molecule has 1 aromatic carbocycles. The lowest BCUT2D eigenvalue weighted by Crippen LogP contribution is -2.17. The highest BCUT2D eigenvalue weighted by Gasteiger charge is 2.26. The number of nitrogens with zero attached hydrogens (tertiary/aromatic N) is 4. The number of carbonyl (C=O) groups is 2. The van der Waals surface area contributed by atoms with Crippen molar-refractivity contribution in [2.24, 2.45) is 0 Å². The van der Waals surface area contributed by atoms with Crippen molar-refractivity contribution in [1.82, 2.24) is 20.2 Å². The Hall–Kier alpha value is -2.77. The number of hydrogen-bond donors (Lipinski definition) is 2. The maximum Gasteiger partial charge on any atom is 0.304 e. The molecule has 8 nitrogen and oxygen atoms in total. The monoisotopic (exact) mass is 472 g/mol. The Balaban J connectivity index is 1.96. The van der Waals surface area contributed by atoms with Gasteiger partial charge in [0.05, 0.1) is 12.3 Å². The minimum atomic E-state index is -0.918. The number of benzene rings is 1. The summed E-state index contributed by atoms with van der Waals surface area (Å²) in [4.78, 5) is 22.5. The molecule has 34 heavy (non-hydrogen) atoms. The summed E-state index contributed by atoms with van der Waals surface area (Å²) in [6.07, 6.45) is 13.9. The standard InChI is InChI=1S/C26H40N4O4/c1-2-3-4-5-6-7-8-9-10-11-15-21-16-12-13-17-22(21)23(20-25(33)34)26-27-28-29-30(26)19-14-18-24(31)32/h12-13,16-17,23H,2-11,14-15,18-20H2,1H3,(H,31,32)(H,33,34). The van der Waals surface area contributed by atoms with Crippen LogP contribution in [0.5, 0.6) is 0 Å². The Bertz CT molecular complexity index is 868. The molecule has 0 fully saturated rings. The zero-order valence-corrected chi connectivity index (χ0v) is 20.5. The van der Waals surface area contributed by atoms with Crippen molar-refractivity contribution in [2.75, 3.05) is 0 Å². The summed E-state index contributed by atoms with van der Waals surface area (Å²) < 4.78 is 1.55. The molecule has 1 heterocycles. The van der Waals surface area contributed by atoms with E-state index < -0.39 is 17.9 Å². The van der Waals surface area contributed by atoms with Crippen molar-refractivity contribution in [3.63, 3.8) is 0 Å². The maximum atomic E-state index is 11.7. The number of tetrazole rings is 1. The third kappa shape index (κ3) is 10.0. The van der Waals surface area contributed by atoms with Gasteiger partial charge >= 0.3 is 11.9 Å². The number of hydrogen-bond acceptors (Lipinski definition) is 5. The number of carboxylic acids is 2. The first-order chi connectivity index (χ1) is 16.5. The van der Waals surface area contributed by atoms with Gasteiger partial charge in [-0.15, -0.1) is 5.10 Å². The number of carboxylic acid groups (broad SMARTS) is 2. The van der Waals surface area contributed by atoms with E-state index in [4.69, 9.17) is 5.11 Å². The van der Waals surface area contributed by atoms with Crippen LogP contribution >= 0.6 is 0 Å². The van der Waals surface area contributed by atoms with Crippen LogP contribution in [0.1, 0.15) is 113 Å². The number of unbranched alkanes of at least 4 members (excludes halogenated alkanes) is 9. The molecule has 1 atom stereocenters. The smallest absolute Gasteiger partial charge is 0.304 e. The van der Waals surface area contributed by atoms with Crippen molar-refractivity contribution in [3.8, 4) is 0 Å². The molecule has 0 amide bonds. The van der Waals surface area contributed by atoms with E-state index in [1.165, 1.54) is 57.8 Å². The second kappa shape index (κ2) is 16.0. The summed E-state index contributed by atoms with van der Waals surface area (Å²) in [7, 11) is 0. The van der Waals surface area contributed by atoms with Gasteiger partial charge in [-0.1, -0.05) is 89.0 Å². The van der Waals surface area contributed by atoms with E-state index in [-0.39, 0.29) is 12.8 Å². The lowest BCUT2D eigenvalue weighted by atomic mass is 9.88. The van der Waals surface area contributed by atoms with Crippen LogP contribution in [0, 0.1) is 0 Å².